The smallest absolute Gasteiger partial charge is 0.273 e. The number of hydrogen-bond acceptors (Lipinski definition) is 6. The molecule has 0 unspecified atom stereocenters. The van der Waals surface area contributed by atoms with E-state index in [4.69, 9.17) is 16.0 Å². The Morgan fingerprint density at radius 2 is 2.07 bits per heavy atom. The topological polar surface area (TPSA) is 102 Å². The summed E-state index contributed by atoms with van der Waals surface area (Å²) in [6.45, 7) is 3.58. The van der Waals surface area contributed by atoms with Gasteiger partial charge in [-0.1, -0.05) is 29.4 Å². The van der Waals surface area contributed by atoms with Gasteiger partial charge in [0.15, 0.2) is 5.16 Å². The number of halogens is 1. The molecule has 8 nitrogen and oxygen atoms in total. The molecule has 3 aromatic rings. The van der Waals surface area contributed by atoms with E-state index in [1.54, 1.807) is 23.9 Å². The fraction of sp³-hybridized carbons (Fsp3) is 0.176. The number of thioether (sulfide) groups is 1. The molecule has 0 aliphatic carbocycles. The largest absolute Gasteiger partial charge is 0.469 e. The van der Waals surface area contributed by atoms with Crippen LogP contribution in [0.15, 0.2) is 46.4 Å². The van der Waals surface area contributed by atoms with Crippen LogP contribution in [0, 0.1) is 13.8 Å². The van der Waals surface area contributed by atoms with E-state index >= 15 is 0 Å². The monoisotopic (exact) mass is 405 g/mol. The van der Waals surface area contributed by atoms with Crippen molar-refractivity contribution in [2.45, 2.75) is 19.0 Å². The van der Waals surface area contributed by atoms with Crippen molar-refractivity contribution in [3.63, 3.8) is 0 Å². The lowest BCUT2D eigenvalue weighted by atomic mass is 10.2. The van der Waals surface area contributed by atoms with Crippen LogP contribution in [0.4, 0.5) is 0 Å². The number of aryl methyl sites for hydroxylation is 2. The van der Waals surface area contributed by atoms with Crippen LogP contribution in [0.1, 0.15) is 21.7 Å². The van der Waals surface area contributed by atoms with Crippen molar-refractivity contribution in [1.29, 1.82) is 0 Å². The summed E-state index contributed by atoms with van der Waals surface area (Å²) in [7, 11) is 0. The average Bonchev–Trinajstić information content (AvgIpc) is 3.29. The number of benzene rings is 1. The molecule has 3 rings (SSSR count). The van der Waals surface area contributed by atoms with Gasteiger partial charge in [0.25, 0.3) is 5.91 Å². The molecule has 0 radical (unpaired) electrons. The third-order valence-corrected chi connectivity index (χ3v) is 5.05. The second-order valence-electron chi connectivity index (χ2n) is 5.60. The molecular weight excluding hydrogens is 390 g/mol. The molecular formula is C17H16ClN5O3S. The van der Waals surface area contributed by atoms with Gasteiger partial charge in [0, 0.05) is 5.02 Å². The summed E-state index contributed by atoms with van der Waals surface area (Å²) in [5.41, 5.74) is 6.82. The SMILES string of the molecule is Cc1ccc(-n2cnnc2SCC(=O)NNC(=O)c2ccoc2C)cc1Cl. The Kier molecular flexibility index (Phi) is 5.82. The molecule has 1 aromatic carbocycles. The normalized spacial score (nSPS) is 10.6. The first-order chi connectivity index (χ1) is 13.0. The highest BCUT2D eigenvalue weighted by Gasteiger charge is 2.14. The molecule has 0 saturated heterocycles. The summed E-state index contributed by atoms with van der Waals surface area (Å²) >= 11 is 7.35. The fourth-order valence-corrected chi connectivity index (χ4v) is 3.12. The third-order valence-electron chi connectivity index (χ3n) is 3.70. The van der Waals surface area contributed by atoms with E-state index < -0.39 is 5.91 Å². The van der Waals surface area contributed by atoms with E-state index in [1.165, 1.54) is 24.1 Å². The Balaban J connectivity index is 1.57. The van der Waals surface area contributed by atoms with Crippen molar-refractivity contribution in [2.75, 3.05) is 5.75 Å². The lowest BCUT2D eigenvalue weighted by Crippen LogP contribution is -2.42. The summed E-state index contributed by atoms with van der Waals surface area (Å²) in [6.07, 6.45) is 2.96. The van der Waals surface area contributed by atoms with Gasteiger partial charge in [-0.25, -0.2) is 0 Å². The highest BCUT2D eigenvalue weighted by atomic mass is 35.5. The van der Waals surface area contributed by atoms with Crippen LogP contribution in [0.3, 0.4) is 0 Å². The number of aromatic nitrogens is 3. The van der Waals surface area contributed by atoms with Crippen molar-refractivity contribution in [3.8, 4) is 5.69 Å². The molecule has 2 amide bonds. The number of hydrazine groups is 1. The van der Waals surface area contributed by atoms with Crippen LogP contribution < -0.4 is 10.9 Å². The fourth-order valence-electron chi connectivity index (χ4n) is 2.21. The number of carbonyl (C=O) groups excluding carboxylic acids is 2. The van der Waals surface area contributed by atoms with Gasteiger partial charge in [0.2, 0.25) is 5.91 Å². The first-order valence-corrected chi connectivity index (χ1v) is 9.24. The highest BCUT2D eigenvalue weighted by molar-refractivity contribution is 7.99. The first-order valence-electron chi connectivity index (χ1n) is 7.88. The summed E-state index contributed by atoms with van der Waals surface area (Å²) in [4.78, 5) is 23.9. The van der Waals surface area contributed by atoms with Crippen LogP contribution in [-0.4, -0.2) is 32.3 Å². The number of nitrogens with zero attached hydrogens (tertiary/aromatic N) is 3. The minimum absolute atomic E-state index is 0.0446. The van der Waals surface area contributed by atoms with E-state index in [1.807, 2.05) is 19.1 Å². The highest BCUT2D eigenvalue weighted by Crippen LogP contribution is 2.23. The number of rotatable bonds is 5. The van der Waals surface area contributed by atoms with Gasteiger partial charge in [0.05, 0.1) is 23.3 Å². The molecule has 0 fully saturated rings. The van der Waals surface area contributed by atoms with Gasteiger partial charge in [-0.3, -0.25) is 25.0 Å². The zero-order valence-electron chi connectivity index (χ0n) is 14.5. The van der Waals surface area contributed by atoms with Crippen molar-refractivity contribution in [3.05, 3.63) is 58.8 Å². The van der Waals surface area contributed by atoms with E-state index in [0.29, 0.717) is 21.5 Å². The van der Waals surface area contributed by atoms with Crippen LogP contribution >= 0.6 is 23.4 Å². The minimum atomic E-state index is -0.447. The molecule has 0 spiro atoms. The zero-order chi connectivity index (χ0) is 19.4. The Morgan fingerprint density at radius 3 is 2.78 bits per heavy atom. The Morgan fingerprint density at radius 1 is 1.26 bits per heavy atom. The van der Waals surface area contributed by atoms with Gasteiger partial charge in [0.1, 0.15) is 12.1 Å². The van der Waals surface area contributed by atoms with Crippen molar-refractivity contribution in [2.24, 2.45) is 0 Å². The summed E-state index contributed by atoms with van der Waals surface area (Å²) < 4.78 is 6.79. The maximum atomic E-state index is 12.0. The van der Waals surface area contributed by atoms with Crippen LogP contribution in [0.25, 0.3) is 5.69 Å². The predicted molar refractivity (Wildman–Crippen MR) is 101 cm³/mol. The molecule has 2 heterocycles. The lowest BCUT2D eigenvalue weighted by Gasteiger charge is -2.09. The maximum absolute atomic E-state index is 12.0. The second kappa shape index (κ2) is 8.28. The Bertz CT molecular complexity index is 985. The molecule has 0 saturated carbocycles. The van der Waals surface area contributed by atoms with Gasteiger partial charge in [-0.05, 0) is 37.6 Å². The maximum Gasteiger partial charge on any atom is 0.273 e. The van der Waals surface area contributed by atoms with Crippen molar-refractivity contribution in [1.82, 2.24) is 25.6 Å². The van der Waals surface area contributed by atoms with Gasteiger partial charge < -0.3 is 4.42 Å². The van der Waals surface area contributed by atoms with Crippen LogP contribution in [0.2, 0.25) is 5.02 Å². The molecule has 0 aliphatic heterocycles. The predicted octanol–water partition coefficient (Wildman–Crippen LogP) is 2.68. The Hall–Kier alpha value is -2.78. The number of furan rings is 1. The van der Waals surface area contributed by atoms with E-state index in [-0.39, 0.29) is 11.7 Å². The second-order valence-corrected chi connectivity index (χ2v) is 6.95. The standard InChI is InChI=1S/C17H16ClN5O3S/c1-10-3-4-12(7-14(10)18)23-9-19-22-17(23)27-8-15(24)20-21-16(25)13-5-6-26-11(13)2/h3-7,9H,8H2,1-2H3,(H,20,24)(H,21,25). The lowest BCUT2D eigenvalue weighted by molar-refractivity contribution is -0.119. The quantitative estimate of drug-likeness (QED) is 0.499. The first kappa shape index (κ1) is 19.0. The van der Waals surface area contributed by atoms with Crippen LogP contribution in [0.5, 0.6) is 0 Å². The third kappa shape index (κ3) is 4.50. The number of carbonyl (C=O) groups is 2. The van der Waals surface area contributed by atoms with E-state index in [0.717, 1.165) is 11.3 Å². The molecule has 10 heteroatoms. The Labute approximate surface area is 164 Å². The van der Waals surface area contributed by atoms with Crippen LogP contribution in [-0.2, 0) is 4.79 Å². The average molecular weight is 406 g/mol. The molecule has 140 valence electrons. The molecule has 2 aromatic heterocycles. The number of nitrogens with one attached hydrogen (secondary N) is 2. The van der Waals surface area contributed by atoms with E-state index in [9.17, 15) is 9.59 Å². The molecule has 27 heavy (non-hydrogen) atoms. The number of hydrogen-bond donors (Lipinski definition) is 2. The summed E-state index contributed by atoms with van der Waals surface area (Å²) in [5, 5.41) is 9.06. The van der Waals surface area contributed by atoms with Gasteiger partial charge in [-0.2, -0.15) is 0 Å². The zero-order valence-corrected chi connectivity index (χ0v) is 16.1. The summed E-state index contributed by atoms with van der Waals surface area (Å²) in [6, 6.07) is 7.12. The number of amides is 2. The molecule has 0 aliphatic rings. The van der Waals surface area contributed by atoms with Gasteiger partial charge >= 0.3 is 0 Å². The molecule has 2 N–H and O–H groups in total. The summed E-state index contributed by atoms with van der Waals surface area (Å²) in [5.74, 6) is -0.313. The van der Waals surface area contributed by atoms with Crippen molar-refractivity contribution < 1.29 is 14.0 Å². The molecule has 0 bridgehead atoms. The van der Waals surface area contributed by atoms with Crippen molar-refractivity contribution >= 4 is 35.2 Å². The minimum Gasteiger partial charge on any atom is -0.469 e. The van der Waals surface area contributed by atoms with Gasteiger partial charge in [-0.15, -0.1) is 10.2 Å². The molecule has 0 atom stereocenters. The van der Waals surface area contributed by atoms with E-state index in [2.05, 4.69) is 21.0 Å².